The summed E-state index contributed by atoms with van der Waals surface area (Å²) in [5.74, 6) is 0.847. The highest BCUT2D eigenvalue weighted by Gasteiger charge is 2.27. The van der Waals surface area contributed by atoms with E-state index in [4.69, 9.17) is 4.74 Å². The van der Waals surface area contributed by atoms with E-state index in [1.165, 1.54) is 11.1 Å². The largest absolute Gasteiger partial charge is 0.487 e. The zero-order valence-electron chi connectivity index (χ0n) is 14.3. The lowest BCUT2D eigenvalue weighted by Crippen LogP contribution is -2.34. The first-order chi connectivity index (χ1) is 11.6. The monoisotopic (exact) mass is 322 g/mol. The van der Waals surface area contributed by atoms with Crippen molar-refractivity contribution in [3.05, 3.63) is 59.3 Å². The normalized spacial score (nSPS) is 16.5. The number of hydrogen-bond donors (Lipinski definition) is 1. The van der Waals surface area contributed by atoms with E-state index in [9.17, 15) is 4.79 Å². The molecule has 1 amide bonds. The van der Waals surface area contributed by atoms with Crippen LogP contribution in [0.2, 0.25) is 0 Å². The third kappa shape index (κ3) is 3.32. The van der Waals surface area contributed by atoms with Crippen molar-refractivity contribution in [1.82, 2.24) is 10.3 Å². The number of nitrogens with zero attached hydrogens (tertiary/aromatic N) is 1. The van der Waals surface area contributed by atoms with Gasteiger partial charge in [-0.2, -0.15) is 0 Å². The van der Waals surface area contributed by atoms with Crippen LogP contribution in [0.4, 0.5) is 0 Å². The summed E-state index contributed by atoms with van der Waals surface area (Å²) in [6.45, 7) is 6.25. The van der Waals surface area contributed by atoms with Crippen molar-refractivity contribution >= 4 is 5.91 Å². The molecule has 1 aromatic carbocycles. The van der Waals surface area contributed by atoms with Crippen LogP contribution in [-0.4, -0.2) is 23.5 Å². The number of hydrogen-bond acceptors (Lipinski definition) is 3. The van der Waals surface area contributed by atoms with Gasteiger partial charge in [-0.3, -0.25) is 9.78 Å². The number of nitrogens with one attached hydrogen (secondary N) is 1. The molecule has 2 heterocycles. The maximum absolute atomic E-state index is 11.9. The van der Waals surface area contributed by atoms with E-state index in [0.717, 1.165) is 29.0 Å². The first-order valence-electron chi connectivity index (χ1n) is 8.21. The summed E-state index contributed by atoms with van der Waals surface area (Å²) in [4.78, 5) is 16.3. The number of ether oxygens (including phenoxy) is 1. The Kier molecular flexibility index (Phi) is 4.65. The minimum absolute atomic E-state index is 0.0433. The van der Waals surface area contributed by atoms with Gasteiger partial charge in [0.1, 0.15) is 11.9 Å². The summed E-state index contributed by atoms with van der Waals surface area (Å²) in [7, 11) is 0. The molecule has 1 aliphatic rings. The maximum Gasteiger partial charge on any atom is 0.246 e. The Morgan fingerprint density at radius 3 is 2.96 bits per heavy atom. The van der Waals surface area contributed by atoms with E-state index in [1.807, 2.05) is 38.1 Å². The molecule has 4 nitrogen and oxygen atoms in total. The second kappa shape index (κ2) is 6.87. The minimum Gasteiger partial charge on any atom is -0.487 e. The van der Waals surface area contributed by atoms with Crippen LogP contribution < -0.4 is 10.1 Å². The molecular formula is C20H22N2O2. The third-order valence-corrected chi connectivity index (χ3v) is 4.26. The first kappa shape index (κ1) is 16.2. The van der Waals surface area contributed by atoms with Gasteiger partial charge in [-0.1, -0.05) is 18.2 Å². The average molecular weight is 322 g/mol. The molecule has 2 aromatic rings. The standard InChI is InChI=1S/C20H22N2O2/c1-4-14(3)20(23)22-12-16-11-15-9-13(2)10-17(19(15)24-16)18-7-5-6-8-21-18/h4-10,16H,11-12H2,1-3H3,(H,22,23)/b14-4+. The molecule has 1 aromatic heterocycles. The molecule has 1 aliphatic heterocycles. The third-order valence-electron chi connectivity index (χ3n) is 4.26. The van der Waals surface area contributed by atoms with Crippen molar-refractivity contribution in [2.75, 3.05) is 6.54 Å². The molecule has 0 spiro atoms. The Bertz CT molecular complexity index is 782. The number of carbonyl (C=O) groups excluding carboxylic acids is 1. The predicted molar refractivity (Wildman–Crippen MR) is 95.0 cm³/mol. The van der Waals surface area contributed by atoms with Crippen LogP contribution in [0.3, 0.4) is 0 Å². The van der Waals surface area contributed by atoms with Gasteiger partial charge in [0.2, 0.25) is 5.91 Å². The number of amides is 1. The summed E-state index contributed by atoms with van der Waals surface area (Å²) in [6, 6.07) is 10.1. The molecule has 0 saturated carbocycles. The van der Waals surface area contributed by atoms with Gasteiger partial charge in [-0.25, -0.2) is 0 Å². The molecule has 3 rings (SSSR count). The number of aromatic nitrogens is 1. The molecule has 1 atom stereocenters. The Morgan fingerprint density at radius 1 is 1.42 bits per heavy atom. The fourth-order valence-electron chi connectivity index (χ4n) is 2.90. The van der Waals surface area contributed by atoms with Gasteiger partial charge in [0.05, 0.1) is 12.2 Å². The van der Waals surface area contributed by atoms with Crippen molar-refractivity contribution in [2.45, 2.75) is 33.3 Å². The molecule has 0 radical (unpaired) electrons. The van der Waals surface area contributed by atoms with Crippen LogP contribution in [0.15, 0.2) is 48.2 Å². The molecule has 4 heteroatoms. The first-order valence-corrected chi connectivity index (χ1v) is 8.21. The van der Waals surface area contributed by atoms with Crippen molar-refractivity contribution in [2.24, 2.45) is 0 Å². The Labute approximate surface area is 142 Å². The van der Waals surface area contributed by atoms with Crippen LogP contribution >= 0.6 is 0 Å². The second-order valence-electron chi connectivity index (χ2n) is 6.14. The number of fused-ring (bicyclic) bond motifs is 1. The number of pyridine rings is 1. The second-order valence-corrected chi connectivity index (χ2v) is 6.14. The van der Waals surface area contributed by atoms with Crippen molar-refractivity contribution in [1.29, 1.82) is 0 Å². The van der Waals surface area contributed by atoms with Gasteiger partial charge in [0, 0.05) is 23.8 Å². The lowest BCUT2D eigenvalue weighted by Gasteiger charge is -2.13. The van der Waals surface area contributed by atoms with Crippen LogP contribution in [0.5, 0.6) is 5.75 Å². The lowest BCUT2D eigenvalue weighted by atomic mass is 10.0. The Balaban J connectivity index is 1.79. The van der Waals surface area contributed by atoms with Gasteiger partial charge in [0.15, 0.2) is 0 Å². The number of allylic oxidation sites excluding steroid dienone is 1. The summed E-state index contributed by atoms with van der Waals surface area (Å²) in [5, 5.41) is 2.94. The van der Waals surface area contributed by atoms with Crippen LogP contribution in [0.25, 0.3) is 11.3 Å². The molecule has 0 aliphatic carbocycles. The number of benzene rings is 1. The highest BCUT2D eigenvalue weighted by Crippen LogP contribution is 2.39. The van der Waals surface area contributed by atoms with E-state index >= 15 is 0 Å². The molecule has 1 unspecified atom stereocenters. The molecule has 0 fully saturated rings. The fourth-order valence-corrected chi connectivity index (χ4v) is 2.90. The predicted octanol–water partition coefficient (Wildman–Crippen LogP) is 3.44. The van der Waals surface area contributed by atoms with E-state index in [1.54, 1.807) is 6.20 Å². The minimum atomic E-state index is -0.0436. The van der Waals surface area contributed by atoms with E-state index in [2.05, 4.69) is 29.4 Å². The van der Waals surface area contributed by atoms with Gasteiger partial charge in [0.25, 0.3) is 0 Å². The lowest BCUT2D eigenvalue weighted by molar-refractivity contribution is -0.117. The van der Waals surface area contributed by atoms with Gasteiger partial charge < -0.3 is 10.1 Å². The zero-order chi connectivity index (χ0) is 17.1. The number of aryl methyl sites for hydroxylation is 1. The van der Waals surface area contributed by atoms with E-state index < -0.39 is 0 Å². The van der Waals surface area contributed by atoms with Crippen molar-refractivity contribution in [3.8, 4) is 17.0 Å². The molecular weight excluding hydrogens is 300 g/mol. The Morgan fingerprint density at radius 2 is 2.25 bits per heavy atom. The zero-order valence-corrected chi connectivity index (χ0v) is 14.3. The highest BCUT2D eigenvalue weighted by atomic mass is 16.5. The topological polar surface area (TPSA) is 51.2 Å². The number of rotatable bonds is 4. The van der Waals surface area contributed by atoms with Gasteiger partial charge >= 0.3 is 0 Å². The summed E-state index contributed by atoms with van der Waals surface area (Å²) in [5.41, 5.74) is 5.01. The molecule has 0 bridgehead atoms. The summed E-state index contributed by atoms with van der Waals surface area (Å²) in [6.07, 6.45) is 4.35. The average Bonchev–Trinajstić information content (AvgIpc) is 3.01. The summed E-state index contributed by atoms with van der Waals surface area (Å²) < 4.78 is 6.14. The summed E-state index contributed by atoms with van der Waals surface area (Å²) >= 11 is 0. The number of carbonyl (C=O) groups is 1. The smallest absolute Gasteiger partial charge is 0.246 e. The van der Waals surface area contributed by atoms with Crippen molar-refractivity contribution < 1.29 is 9.53 Å². The highest BCUT2D eigenvalue weighted by molar-refractivity contribution is 5.92. The molecule has 0 saturated heterocycles. The van der Waals surface area contributed by atoms with Crippen LogP contribution in [0, 0.1) is 6.92 Å². The SMILES string of the molecule is C/C=C(\C)C(=O)NCC1Cc2cc(C)cc(-c3ccccn3)c2O1. The quantitative estimate of drug-likeness (QED) is 0.877. The molecule has 1 N–H and O–H groups in total. The Hall–Kier alpha value is -2.62. The van der Waals surface area contributed by atoms with Crippen molar-refractivity contribution in [3.63, 3.8) is 0 Å². The van der Waals surface area contributed by atoms with E-state index in [-0.39, 0.29) is 12.0 Å². The maximum atomic E-state index is 11.9. The van der Waals surface area contributed by atoms with Gasteiger partial charge in [-0.05, 0) is 50.1 Å². The van der Waals surface area contributed by atoms with Gasteiger partial charge in [-0.15, -0.1) is 0 Å². The molecule has 24 heavy (non-hydrogen) atoms. The van der Waals surface area contributed by atoms with E-state index in [0.29, 0.717) is 6.54 Å². The fraction of sp³-hybridized carbons (Fsp3) is 0.300. The molecule has 124 valence electrons. The van der Waals surface area contributed by atoms with Crippen LogP contribution in [-0.2, 0) is 11.2 Å². The van der Waals surface area contributed by atoms with Crippen LogP contribution in [0.1, 0.15) is 25.0 Å².